The van der Waals surface area contributed by atoms with Gasteiger partial charge in [0.25, 0.3) is 0 Å². The number of hydrogen-bond acceptors (Lipinski definition) is 3. The maximum Gasteiger partial charge on any atom is 0.309 e. The van der Waals surface area contributed by atoms with Gasteiger partial charge in [-0.3, -0.25) is 9.59 Å². The Morgan fingerprint density at radius 3 is 2.50 bits per heavy atom. The minimum Gasteiger partial charge on any atom is -0.481 e. The number of rotatable bonds is 6. The summed E-state index contributed by atoms with van der Waals surface area (Å²) in [6, 6.07) is 0. The van der Waals surface area contributed by atoms with Gasteiger partial charge < -0.3 is 9.84 Å². The van der Waals surface area contributed by atoms with Crippen molar-refractivity contribution in [1.29, 1.82) is 0 Å². The Morgan fingerprint density at radius 1 is 1.17 bits per heavy atom. The van der Waals surface area contributed by atoms with Crippen molar-refractivity contribution < 1.29 is 19.4 Å². The fraction of sp³-hybridized carbons (Fsp3) is 0.769. The van der Waals surface area contributed by atoms with Gasteiger partial charge in [-0.15, -0.1) is 0 Å². The summed E-state index contributed by atoms with van der Waals surface area (Å²) >= 11 is 0. The third kappa shape index (κ3) is 4.11. The Bertz CT molecular complexity index is 748. The topological polar surface area (TPSA) is 63.6 Å². The summed E-state index contributed by atoms with van der Waals surface area (Å²) in [4.78, 5) is 23.8. The van der Waals surface area contributed by atoms with E-state index in [0.717, 1.165) is 19.3 Å². The van der Waals surface area contributed by atoms with E-state index in [1.54, 1.807) is 19.4 Å². The molecule has 3 aliphatic rings. The van der Waals surface area contributed by atoms with E-state index >= 15 is 0 Å². The molecule has 0 spiro atoms. The third-order valence-corrected chi connectivity index (χ3v) is 8.76. The first kappa shape index (κ1) is 23.1. The van der Waals surface area contributed by atoms with Crippen LogP contribution in [0.3, 0.4) is 0 Å². The van der Waals surface area contributed by atoms with E-state index in [0.29, 0.717) is 24.4 Å². The molecular weight excluding hydrogens is 376 g/mol. The Labute approximate surface area is 182 Å². The highest BCUT2D eigenvalue weighted by Gasteiger charge is 2.54. The van der Waals surface area contributed by atoms with Gasteiger partial charge in [-0.2, -0.15) is 0 Å². The monoisotopic (exact) mass is 416 g/mol. The molecule has 4 nitrogen and oxygen atoms in total. The summed E-state index contributed by atoms with van der Waals surface area (Å²) in [7, 11) is 0. The van der Waals surface area contributed by atoms with Crippen molar-refractivity contribution >= 4 is 11.9 Å². The maximum atomic E-state index is 12.5. The van der Waals surface area contributed by atoms with Crippen molar-refractivity contribution in [3.05, 3.63) is 23.3 Å². The highest BCUT2D eigenvalue weighted by atomic mass is 16.5. The zero-order chi connectivity index (χ0) is 22.3. The highest BCUT2D eigenvalue weighted by Crippen LogP contribution is 2.62. The summed E-state index contributed by atoms with van der Waals surface area (Å²) < 4.78 is 5.76. The van der Waals surface area contributed by atoms with Crippen LogP contribution in [0.2, 0.25) is 0 Å². The van der Waals surface area contributed by atoms with Gasteiger partial charge in [0.15, 0.2) is 0 Å². The first-order valence-corrected chi connectivity index (χ1v) is 11.8. The number of aliphatic carboxylic acids is 1. The van der Waals surface area contributed by atoms with Gasteiger partial charge in [-0.25, -0.2) is 0 Å². The van der Waals surface area contributed by atoms with Crippen molar-refractivity contribution in [2.24, 2.45) is 40.4 Å². The Kier molecular flexibility index (Phi) is 6.55. The van der Waals surface area contributed by atoms with Gasteiger partial charge in [0.05, 0.1) is 18.4 Å². The average molecular weight is 417 g/mol. The number of fused-ring (bicyclic) bond motifs is 3. The van der Waals surface area contributed by atoms with Gasteiger partial charge in [-0.05, 0) is 60.8 Å². The van der Waals surface area contributed by atoms with Crippen molar-refractivity contribution in [3.63, 3.8) is 0 Å². The van der Waals surface area contributed by atoms with Gasteiger partial charge in [-0.1, -0.05) is 65.7 Å². The van der Waals surface area contributed by atoms with Crippen LogP contribution in [0.5, 0.6) is 0 Å². The van der Waals surface area contributed by atoms with Crippen LogP contribution >= 0.6 is 0 Å². The van der Waals surface area contributed by atoms with Gasteiger partial charge in [0.2, 0.25) is 0 Å². The van der Waals surface area contributed by atoms with Crippen LogP contribution in [-0.4, -0.2) is 23.7 Å². The smallest absolute Gasteiger partial charge is 0.309 e. The lowest BCUT2D eigenvalue weighted by Crippen LogP contribution is -2.52. The molecule has 0 amide bonds. The van der Waals surface area contributed by atoms with Crippen molar-refractivity contribution in [3.8, 4) is 0 Å². The SMILES string of the molecule is CC(C)C1=CC2=CCC3C(C)(COC(=O)C(C)C(C)C(=O)O)CCCC3(C)C2CC1. The zero-order valence-corrected chi connectivity index (χ0v) is 19.7. The van der Waals surface area contributed by atoms with Crippen LogP contribution in [-0.2, 0) is 14.3 Å². The second-order valence-corrected chi connectivity index (χ2v) is 11.0. The normalized spacial score (nSPS) is 35.4. The molecule has 3 rings (SSSR count). The van der Waals surface area contributed by atoms with Gasteiger partial charge in [0, 0.05) is 5.41 Å². The van der Waals surface area contributed by atoms with E-state index in [1.165, 1.54) is 24.8 Å². The number of carboxylic acid groups (broad SMARTS) is 1. The van der Waals surface area contributed by atoms with Gasteiger partial charge in [0.1, 0.15) is 0 Å². The summed E-state index contributed by atoms with van der Waals surface area (Å²) in [5.41, 5.74) is 3.30. The third-order valence-electron chi connectivity index (χ3n) is 8.76. The van der Waals surface area contributed by atoms with Crippen LogP contribution in [0.25, 0.3) is 0 Å². The van der Waals surface area contributed by atoms with E-state index in [2.05, 4.69) is 39.8 Å². The van der Waals surface area contributed by atoms with E-state index in [9.17, 15) is 14.7 Å². The van der Waals surface area contributed by atoms with Crippen molar-refractivity contribution in [2.45, 2.75) is 80.1 Å². The van der Waals surface area contributed by atoms with Crippen LogP contribution in [0, 0.1) is 40.4 Å². The molecule has 0 aromatic rings. The lowest BCUT2D eigenvalue weighted by atomic mass is 9.47. The molecule has 0 bridgehead atoms. The molecule has 0 radical (unpaired) electrons. The average Bonchev–Trinajstić information content (AvgIpc) is 2.70. The predicted molar refractivity (Wildman–Crippen MR) is 119 cm³/mol. The van der Waals surface area contributed by atoms with Gasteiger partial charge >= 0.3 is 11.9 Å². The molecule has 0 aromatic carbocycles. The number of ether oxygens (including phenoxy) is 1. The molecule has 0 saturated heterocycles. The second kappa shape index (κ2) is 8.51. The molecule has 1 fully saturated rings. The quantitative estimate of drug-likeness (QED) is 0.538. The Hall–Kier alpha value is -1.58. The molecule has 0 aromatic heterocycles. The number of hydrogen-bond donors (Lipinski definition) is 1. The van der Waals surface area contributed by atoms with E-state index < -0.39 is 17.8 Å². The van der Waals surface area contributed by atoms with Crippen molar-refractivity contribution in [1.82, 2.24) is 0 Å². The first-order chi connectivity index (χ1) is 14.0. The first-order valence-electron chi connectivity index (χ1n) is 11.8. The number of esters is 1. The number of carboxylic acids is 1. The highest BCUT2D eigenvalue weighted by molar-refractivity contribution is 5.80. The molecule has 1 saturated carbocycles. The van der Waals surface area contributed by atoms with E-state index in [-0.39, 0.29) is 16.8 Å². The summed E-state index contributed by atoms with van der Waals surface area (Å²) in [6.45, 7) is 13.0. The van der Waals surface area contributed by atoms with Crippen LogP contribution in [0.1, 0.15) is 80.1 Å². The predicted octanol–water partition coefficient (Wildman–Crippen LogP) is 6.02. The molecule has 30 heavy (non-hydrogen) atoms. The summed E-state index contributed by atoms with van der Waals surface area (Å²) in [5, 5.41) is 9.20. The van der Waals surface area contributed by atoms with Crippen molar-refractivity contribution in [2.75, 3.05) is 6.61 Å². The molecule has 6 atom stereocenters. The van der Waals surface area contributed by atoms with E-state index in [4.69, 9.17) is 4.74 Å². The summed E-state index contributed by atoms with van der Waals surface area (Å²) in [5.74, 6) is -0.993. The fourth-order valence-electron chi connectivity index (χ4n) is 6.43. The molecule has 1 N–H and O–H groups in total. The van der Waals surface area contributed by atoms with Crippen LogP contribution in [0.4, 0.5) is 0 Å². The molecule has 168 valence electrons. The number of allylic oxidation sites excluding steroid dienone is 4. The molecule has 0 aliphatic heterocycles. The van der Waals surface area contributed by atoms with Crippen LogP contribution < -0.4 is 0 Å². The minimum absolute atomic E-state index is 0.0566. The van der Waals surface area contributed by atoms with E-state index in [1.807, 2.05) is 0 Å². The summed E-state index contributed by atoms with van der Waals surface area (Å²) in [6.07, 6.45) is 11.9. The zero-order valence-electron chi connectivity index (χ0n) is 19.7. The maximum absolute atomic E-state index is 12.5. The molecular formula is C26H40O4. The minimum atomic E-state index is -0.952. The molecule has 4 heteroatoms. The standard InChI is InChI=1S/C26H40O4/c1-16(2)19-8-10-21-20(14-19)9-11-22-25(5,12-7-13-26(21,22)6)15-30-24(29)18(4)17(3)23(27)28/h9,14,16-18,21-22H,7-8,10-13,15H2,1-6H3,(H,27,28). The second-order valence-electron chi connectivity index (χ2n) is 11.0. The fourth-order valence-corrected chi connectivity index (χ4v) is 6.43. The number of carbonyl (C=O) groups is 2. The largest absolute Gasteiger partial charge is 0.481 e. The Balaban J connectivity index is 1.77. The van der Waals surface area contributed by atoms with Crippen LogP contribution in [0.15, 0.2) is 23.3 Å². The Morgan fingerprint density at radius 2 is 1.87 bits per heavy atom. The molecule has 6 unspecified atom stereocenters. The molecule has 3 aliphatic carbocycles. The lowest BCUT2D eigenvalue weighted by Gasteiger charge is -2.58. The lowest BCUT2D eigenvalue weighted by molar-refractivity contribution is -0.163. The molecule has 0 heterocycles. The number of carbonyl (C=O) groups excluding carboxylic acids is 1.